The van der Waals surface area contributed by atoms with Crippen LogP contribution in [0, 0.1) is 0 Å². The van der Waals surface area contributed by atoms with Crippen molar-refractivity contribution < 1.29 is 14.2 Å². The Kier molecular flexibility index (Phi) is 8.46. The summed E-state index contributed by atoms with van der Waals surface area (Å²) >= 11 is 0. The zero-order valence-electron chi connectivity index (χ0n) is 26.3. The molecule has 1 heterocycles. The quantitative estimate of drug-likeness (QED) is 0.195. The monoisotopic (exact) mass is 579 g/mol. The number of hydrogen-bond donors (Lipinski definition) is 2. The van der Waals surface area contributed by atoms with Gasteiger partial charge in [-0.25, -0.2) is 0 Å². The number of benzene rings is 4. The van der Waals surface area contributed by atoms with Crippen molar-refractivity contribution in [1.82, 2.24) is 0 Å². The molecule has 0 radical (unpaired) electrons. The summed E-state index contributed by atoms with van der Waals surface area (Å²) in [7, 11) is 3.35. The first-order valence-electron chi connectivity index (χ1n) is 15.0. The third-order valence-corrected chi connectivity index (χ3v) is 8.22. The van der Waals surface area contributed by atoms with Gasteiger partial charge in [0, 0.05) is 46.5 Å². The third-order valence-electron chi connectivity index (χ3n) is 8.22. The van der Waals surface area contributed by atoms with Gasteiger partial charge in [-0.05, 0) is 106 Å². The Bertz CT molecular complexity index is 1510. The van der Waals surface area contributed by atoms with Gasteiger partial charge >= 0.3 is 0 Å². The molecule has 0 unspecified atom stereocenters. The molecule has 1 aliphatic rings. The van der Waals surface area contributed by atoms with Gasteiger partial charge in [0.05, 0.1) is 14.2 Å². The molecule has 1 aliphatic heterocycles. The van der Waals surface area contributed by atoms with Gasteiger partial charge in [-0.1, -0.05) is 36.4 Å². The predicted molar refractivity (Wildman–Crippen MR) is 178 cm³/mol. The van der Waals surface area contributed by atoms with Crippen molar-refractivity contribution in [3.8, 4) is 17.2 Å². The predicted octanol–water partition coefficient (Wildman–Crippen LogP) is 7.27. The average Bonchev–Trinajstić information content (AvgIpc) is 2.99. The molecule has 0 aromatic heterocycles. The molecule has 5 rings (SSSR count). The third kappa shape index (κ3) is 6.82. The minimum absolute atomic E-state index is 0.241. The fraction of sp³-hybridized carbons (Fsp3) is 0.351. The highest BCUT2D eigenvalue weighted by molar-refractivity contribution is 5.96. The van der Waals surface area contributed by atoms with E-state index in [1.807, 2.05) is 24.3 Å². The molecule has 4 aromatic carbocycles. The van der Waals surface area contributed by atoms with Gasteiger partial charge in [-0.2, -0.15) is 0 Å². The molecule has 6 nitrogen and oxygen atoms in total. The molecule has 0 spiro atoms. The molecule has 0 amide bonds. The Morgan fingerprint density at radius 2 is 1.26 bits per heavy atom. The van der Waals surface area contributed by atoms with E-state index in [2.05, 4.69) is 99.3 Å². The minimum Gasteiger partial charge on any atom is -0.497 e. The van der Waals surface area contributed by atoms with Crippen LogP contribution >= 0.6 is 0 Å². The van der Waals surface area contributed by atoms with Crippen molar-refractivity contribution in [3.05, 3.63) is 102 Å². The van der Waals surface area contributed by atoms with Crippen LogP contribution in [0.25, 0.3) is 16.8 Å². The number of nitrogens with two attached hydrogens (primary N) is 2. The highest BCUT2D eigenvalue weighted by Gasteiger charge is 2.37. The summed E-state index contributed by atoms with van der Waals surface area (Å²) in [4.78, 5) is 2.41. The molecule has 0 bridgehead atoms. The fourth-order valence-electron chi connectivity index (χ4n) is 5.56. The lowest BCUT2D eigenvalue weighted by Crippen LogP contribution is -2.41. The first-order chi connectivity index (χ1) is 20.4. The van der Waals surface area contributed by atoms with Crippen LogP contribution in [0.3, 0.4) is 0 Å². The van der Waals surface area contributed by atoms with Crippen molar-refractivity contribution in [1.29, 1.82) is 0 Å². The van der Waals surface area contributed by atoms with E-state index in [1.165, 1.54) is 5.69 Å². The Labute approximate surface area is 256 Å². The minimum atomic E-state index is -0.806. The van der Waals surface area contributed by atoms with Crippen LogP contribution in [0.5, 0.6) is 17.2 Å². The number of fused-ring (bicyclic) bond motifs is 3. The van der Waals surface area contributed by atoms with Crippen LogP contribution in [-0.2, 0) is 5.60 Å². The Balaban J connectivity index is 1.53. The zero-order valence-corrected chi connectivity index (χ0v) is 26.3. The molecule has 0 saturated carbocycles. The lowest BCUT2D eigenvalue weighted by Gasteiger charge is -2.36. The van der Waals surface area contributed by atoms with Crippen LogP contribution in [0.15, 0.2) is 84.9 Å². The van der Waals surface area contributed by atoms with Crippen LogP contribution in [0.2, 0.25) is 0 Å². The molecule has 0 atom stereocenters. The molecule has 0 fully saturated rings. The van der Waals surface area contributed by atoms with Crippen molar-refractivity contribution in [2.75, 3.05) is 32.2 Å². The first kappa shape index (κ1) is 30.5. The van der Waals surface area contributed by atoms with Crippen LogP contribution in [-0.4, -0.2) is 38.4 Å². The number of ether oxygens (including phenoxy) is 3. The van der Waals surface area contributed by atoms with Crippen molar-refractivity contribution >= 4 is 22.5 Å². The van der Waals surface area contributed by atoms with Gasteiger partial charge in [0.1, 0.15) is 17.2 Å². The van der Waals surface area contributed by atoms with E-state index in [4.69, 9.17) is 25.7 Å². The maximum atomic E-state index is 6.97. The molecule has 4 aromatic rings. The molecule has 6 heteroatoms. The van der Waals surface area contributed by atoms with Gasteiger partial charge in [0.2, 0.25) is 0 Å². The maximum Gasteiger partial charge on any atom is 0.178 e. The molecule has 0 saturated heterocycles. The second kappa shape index (κ2) is 11.9. The summed E-state index contributed by atoms with van der Waals surface area (Å²) in [6.45, 7) is 10.0. The maximum absolute atomic E-state index is 6.97. The summed E-state index contributed by atoms with van der Waals surface area (Å²) in [5.74, 6) is 2.44. The Morgan fingerprint density at radius 3 is 1.74 bits per heavy atom. The van der Waals surface area contributed by atoms with Gasteiger partial charge in [-0.3, -0.25) is 0 Å². The van der Waals surface area contributed by atoms with Crippen molar-refractivity contribution in [2.24, 2.45) is 11.5 Å². The van der Waals surface area contributed by atoms with Gasteiger partial charge < -0.3 is 30.6 Å². The van der Waals surface area contributed by atoms with E-state index >= 15 is 0 Å². The van der Waals surface area contributed by atoms with E-state index in [0.29, 0.717) is 0 Å². The average molecular weight is 580 g/mol. The van der Waals surface area contributed by atoms with Gasteiger partial charge in [-0.15, -0.1) is 0 Å². The van der Waals surface area contributed by atoms with Crippen LogP contribution in [0.4, 0.5) is 5.69 Å². The number of rotatable bonds is 11. The first-order valence-corrected chi connectivity index (χ1v) is 15.0. The molecular formula is C37H45N3O3. The zero-order chi connectivity index (χ0) is 30.8. The number of hydrogen-bond acceptors (Lipinski definition) is 6. The smallest absolute Gasteiger partial charge is 0.178 e. The molecule has 0 aliphatic carbocycles. The van der Waals surface area contributed by atoms with Crippen molar-refractivity contribution in [2.45, 2.75) is 57.2 Å². The topological polar surface area (TPSA) is 83.0 Å². The largest absolute Gasteiger partial charge is 0.497 e. The van der Waals surface area contributed by atoms with E-state index in [0.717, 1.165) is 70.6 Å². The number of nitrogens with zero attached hydrogens (tertiary/aromatic N) is 1. The lowest BCUT2D eigenvalue weighted by atomic mass is 9.83. The Morgan fingerprint density at radius 1 is 0.721 bits per heavy atom. The lowest BCUT2D eigenvalue weighted by molar-refractivity contribution is 0.161. The molecule has 4 N–H and O–H groups in total. The Hall–Kier alpha value is -4.00. The molecule has 226 valence electrons. The second-order valence-corrected chi connectivity index (χ2v) is 13.0. The summed E-state index contributed by atoms with van der Waals surface area (Å²) in [6, 6.07) is 27.1. The van der Waals surface area contributed by atoms with E-state index in [9.17, 15) is 0 Å². The van der Waals surface area contributed by atoms with Crippen LogP contribution < -0.4 is 30.6 Å². The van der Waals surface area contributed by atoms with E-state index in [1.54, 1.807) is 14.2 Å². The highest BCUT2D eigenvalue weighted by Crippen LogP contribution is 2.45. The van der Waals surface area contributed by atoms with E-state index < -0.39 is 5.60 Å². The van der Waals surface area contributed by atoms with Crippen LogP contribution in [0.1, 0.15) is 57.2 Å². The number of anilines is 1. The normalized spacial score (nSPS) is 14.2. The van der Waals surface area contributed by atoms with Gasteiger partial charge in [0.15, 0.2) is 5.60 Å². The second-order valence-electron chi connectivity index (χ2n) is 13.0. The van der Waals surface area contributed by atoms with E-state index in [-0.39, 0.29) is 11.1 Å². The van der Waals surface area contributed by atoms with Crippen molar-refractivity contribution in [3.63, 3.8) is 0 Å². The highest BCUT2D eigenvalue weighted by atomic mass is 16.5. The molecular weight excluding hydrogens is 534 g/mol. The summed E-state index contributed by atoms with van der Waals surface area (Å²) in [6.07, 6.45) is 6.12. The summed E-state index contributed by atoms with van der Waals surface area (Å²) in [5.41, 5.74) is 15.7. The summed E-state index contributed by atoms with van der Waals surface area (Å²) < 4.78 is 17.8. The SMILES string of the molecule is COc1ccc(C2(c3ccc(OC)cc3)C=Cc3c(ccc4cc(N(CCC(C)(C)N)CCC(C)(C)N)ccc34)O2)cc1. The summed E-state index contributed by atoms with van der Waals surface area (Å²) in [5, 5.41) is 2.31. The van der Waals surface area contributed by atoms with Gasteiger partial charge in [0.25, 0.3) is 0 Å². The standard InChI is InChI=1S/C37H45N3O3/c1-35(2,38)21-23-40(24-22-36(3,4)39)29-12-17-32-26(25-29)7-18-34-33(32)19-20-37(43-34,27-8-13-30(41-5)14-9-27)28-10-15-31(42-6)16-11-28/h7-20,25H,21-24,38-39H2,1-6H3. The number of methoxy groups -OCH3 is 2. The fourth-order valence-corrected chi connectivity index (χ4v) is 5.56. The molecule has 43 heavy (non-hydrogen) atoms.